The minimum Gasteiger partial charge on any atom is -0.497 e. The van der Waals surface area contributed by atoms with E-state index in [0.29, 0.717) is 0 Å². The van der Waals surface area contributed by atoms with Crippen molar-refractivity contribution in [3.05, 3.63) is 59.9 Å². The van der Waals surface area contributed by atoms with Gasteiger partial charge in [-0.15, -0.1) is 11.8 Å². The smallest absolute Gasteiger partial charge is 0.123 e. The summed E-state index contributed by atoms with van der Waals surface area (Å²) in [6.45, 7) is 0. The molecule has 106 valence electrons. The van der Waals surface area contributed by atoms with Crippen LogP contribution in [0.25, 0.3) is 0 Å². The number of rotatable bonds is 6. The zero-order chi connectivity index (χ0) is 14.4. The van der Waals surface area contributed by atoms with Gasteiger partial charge in [0.05, 0.1) is 7.11 Å². The van der Waals surface area contributed by atoms with Gasteiger partial charge in [-0.3, -0.25) is 0 Å². The molecule has 2 N–H and O–H groups in total. The molecule has 0 aliphatic rings. The zero-order valence-corrected chi connectivity index (χ0v) is 12.2. The molecule has 1 atom stereocenters. The second-order valence-corrected chi connectivity index (χ2v) is 5.67. The summed E-state index contributed by atoms with van der Waals surface area (Å²) in [6.07, 6.45) is 0.797. The van der Waals surface area contributed by atoms with Gasteiger partial charge in [0, 0.05) is 16.7 Å². The number of benzene rings is 2. The summed E-state index contributed by atoms with van der Waals surface area (Å²) >= 11 is 1.64. The van der Waals surface area contributed by atoms with Crippen LogP contribution in [0.5, 0.6) is 5.75 Å². The van der Waals surface area contributed by atoms with Crippen molar-refractivity contribution in [1.82, 2.24) is 0 Å². The number of hydrogen-bond donors (Lipinski definition) is 1. The third-order valence-electron chi connectivity index (χ3n) is 2.91. The minimum atomic E-state index is -0.213. The molecule has 0 saturated carbocycles. The zero-order valence-electron chi connectivity index (χ0n) is 11.4. The normalized spacial score (nSPS) is 12.2. The fourth-order valence-electron chi connectivity index (χ4n) is 1.90. The molecule has 0 bridgehead atoms. The van der Waals surface area contributed by atoms with Gasteiger partial charge < -0.3 is 10.5 Å². The molecule has 2 nitrogen and oxygen atoms in total. The Hall–Kier alpha value is -1.52. The predicted molar refractivity (Wildman–Crippen MR) is 81.8 cm³/mol. The van der Waals surface area contributed by atoms with Crippen LogP contribution in [-0.4, -0.2) is 18.9 Å². The quantitative estimate of drug-likeness (QED) is 0.827. The van der Waals surface area contributed by atoms with Crippen molar-refractivity contribution in [1.29, 1.82) is 0 Å². The fourth-order valence-corrected chi connectivity index (χ4v) is 2.75. The second-order valence-electron chi connectivity index (χ2n) is 4.58. The van der Waals surface area contributed by atoms with Gasteiger partial charge in [-0.05, 0) is 48.4 Å². The molecule has 0 saturated heterocycles. The Morgan fingerprint density at radius 1 is 1.20 bits per heavy atom. The van der Waals surface area contributed by atoms with Crippen LogP contribution in [-0.2, 0) is 6.42 Å². The number of thioether (sulfide) groups is 1. The Morgan fingerprint density at radius 3 is 2.65 bits per heavy atom. The fraction of sp³-hybridized carbons (Fsp3) is 0.250. The molecule has 2 aromatic rings. The summed E-state index contributed by atoms with van der Waals surface area (Å²) in [4.78, 5) is 1.03. The first-order chi connectivity index (χ1) is 9.67. The summed E-state index contributed by atoms with van der Waals surface area (Å²) in [6, 6.07) is 14.5. The van der Waals surface area contributed by atoms with Gasteiger partial charge in [0.2, 0.25) is 0 Å². The van der Waals surface area contributed by atoms with Gasteiger partial charge in [0.25, 0.3) is 0 Å². The molecule has 0 aliphatic carbocycles. The lowest BCUT2D eigenvalue weighted by atomic mass is 10.1. The Balaban J connectivity index is 1.85. The van der Waals surface area contributed by atoms with Crippen LogP contribution in [0.4, 0.5) is 4.39 Å². The topological polar surface area (TPSA) is 35.2 Å². The molecule has 2 rings (SSSR count). The van der Waals surface area contributed by atoms with E-state index in [1.165, 1.54) is 12.1 Å². The molecule has 20 heavy (non-hydrogen) atoms. The highest BCUT2D eigenvalue weighted by atomic mass is 32.2. The highest BCUT2D eigenvalue weighted by molar-refractivity contribution is 7.99. The largest absolute Gasteiger partial charge is 0.497 e. The lowest BCUT2D eigenvalue weighted by Crippen LogP contribution is -2.25. The Kier molecular flexibility index (Phi) is 5.44. The third kappa shape index (κ3) is 4.54. The van der Waals surface area contributed by atoms with Gasteiger partial charge in [0.15, 0.2) is 0 Å². The maximum Gasteiger partial charge on any atom is 0.123 e. The molecule has 1 unspecified atom stereocenters. The molecule has 0 amide bonds. The maximum atomic E-state index is 12.8. The lowest BCUT2D eigenvalue weighted by molar-refractivity contribution is 0.414. The SMILES string of the molecule is COc1cccc(CC(N)CSc2ccc(F)cc2)c1. The summed E-state index contributed by atoms with van der Waals surface area (Å²) in [7, 11) is 1.66. The van der Waals surface area contributed by atoms with E-state index in [1.54, 1.807) is 31.0 Å². The summed E-state index contributed by atoms with van der Waals surface area (Å²) < 4.78 is 18.0. The van der Waals surface area contributed by atoms with Crippen LogP contribution >= 0.6 is 11.8 Å². The number of halogens is 1. The first-order valence-electron chi connectivity index (χ1n) is 6.44. The van der Waals surface area contributed by atoms with Gasteiger partial charge in [-0.2, -0.15) is 0 Å². The van der Waals surface area contributed by atoms with E-state index in [1.807, 2.05) is 24.3 Å². The van der Waals surface area contributed by atoms with E-state index in [0.717, 1.165) is 28.4 Å². The van der Waals surface area contributed by atoms with E-state index < -0.39 is 0 Å². The number of hydrogen-bond acceptors (Lipinski definition) is 3. The van der Waals surface area contributed by atoms with Crippen LogP contribution in [0.15, 0.2) is 53.4 Å². The Morgan fingerprint density at radius 2 is 1.95 bits per heavy atom. The van der Waals surface area contributed by atoms with Crippen LogP contribution in [0.1, 0.15) is 5.56 Å². The van der Waals surface area contributed by atoms with Crippen molar-refractivity contribution in [2.24, 2.45) is 5.73 Å². The molecule has 2 aromatic carbocycles. The Labute approximate surface area is 123 Å². The molecule has 0 aromatic heterocycles. The first kappa shape index (κ1) is 14.9. The molecular formula is C16H18FNOS. The van der Waals surface area contributed by atoms with Crippen molar-refractivity contribution in [3.8, 4) is 5.75 Å². The van der Waals surface area contributed by atoms with E-state index in [9.17, 15) is 4.39 Å². The molecule has 0 heterocycles. The van der Waals surface area contributed by atoms with E-state index in [-0.39, 0.29) is 11.9 Å². The molecular weight excluding hydrogens is 273 g/mol. The van der Waals surface area contributed by atoms with E-state index >= 15 is 0 Å². The van der Waals surface area contributed by atoms with Gasteiger partial charge in [0.1, 0.15) is 11.6 Å². The highest BCUT2D eigenvalue weighted by Crippen LogP contribution is 2.20. The van der Waals surface area contributed by atoms with Crippen LogP contribution in [0.2, 0.25) is 0 Å². The molecule has 0 aliphatic heterocycles. The summed E-state index contributed by atoms with van der Waals surface area (Å²) in [5, 5.41) is 0. The number of nitrogens with two attached hydrogens (primary N) is 1. The van der Waals surface area contributed by atoms with E-state index in [2.05, 4.69) is 0 Å². The standard InChI is InChI=1S/C16H18FNOS/c1-19-15-4-2-3-12(10-15)9-14(18)11-20-16-7-5-13(17)6-8-16/h2-8,10,14H,9,11,18H2,1H3. The van der Waals surface area contributed by atoms with Crippen LogP contribution in [0, 0.1) is 5.82 Å². The number of methoxy groups -OCH3 is 1. The molecule has 0 radical (unpaired) electrons. The maximum absolute atomic E-state index is 12.8. The first-order valence-corrected chi connectivity index (χ1v) is 7.43. The summed E-state index contributed by atoms with van der Waals surface area (Å²) in [5.41, 5.74) is 7.30. The van der Waals surface area contributed by atoms with Crippen molar-refractivity contribution in [2.75, 3.05) is 12.9 Å². The van der Waals surface area contributed by atoms with Crippen molar-refractivity contribution in [3.63, 3.8) is 0 Å². The second kappa shape index (κ2) is 7.31. The van der Waals surface area contributed by atoms with E-state index in [4.69, 9.17) is 10.5 Å². The van der Waals surface area contributed by atoms with Crippen molar-refractivity contribution in [2.45, 2.75) is 17.4 Å². The summed E-state index contributed by atoms with van der Waals surface area (Å²) in [5.74, 6) is 1.43. The average molecular weight is 291 g/mol. The molecule has 0 spiro atoms. The molecule has 4 heteroatoms. The van der Waals surface area contributed by atoms with Crippen LogP contribution < -0.4 is 10.5 Å². The third-order valence-corrected chi connectivity index (χ3v) is 4.11. The van der Waals surface area contributed by atoms with Gasteiger partial charge >= 0.3 is 0 Å². The minimum absolute atomic E-state index is 0.0529. The Bertz CT molecular complexity index is 544. The number of ether oxygens (including phenoxy) is 1. The predicted octanol–water partition coefficient (Wildman–Crippen LogP) is 3.50. The van der Waals surface area contributed by atoms with Gasteiger partial charge in [-0.25, -0.2) is 4.39 Å². The van der Waals surface area contributed by atoms with Crippen molar-refractivity contribution >= 4 is 11.8 Å². The van der Waals surface area contributed by atoms with Crippen LogP contribution in [0.3, 0.4) is 0 Å². The monoisotopic (exact) mass is 291 g/mol. The van der Waals surface area contributed by atoms with Gasteiger partial charge in [-0.1, -0.05) is 12.1 Å². The lowest BCUT2D eigenvalue weighted by Gasteiger charge is -2.12. The average Bonchev–Trinajstić information content (AvgIpc) is 2.47. The molecule has 0 fully saturated rings. The highest BCUT2D eigenvalue weighted by Gasteiger charge is 2.06. The van der Waals surface area contributed by atoms with Crippen molar-refractivity contribution < 1.29 is 9.13 Å².